The molecule has 0 unspecified atom stereocenters. The van der Waals surface area contributed by atoms with Gasteiger partial charge < -0.3 is 10.2 Å². The normalized spacial score (nSPS) is 17.1. The van der Waals surface area contributed by atoms with E-state index in [4.69, 9.17) is 0 Å². The summed E-state index contributed by atoms with van der Waals surface area (Å²) in [7, 11) is 0. The van der Waals surface area contributed by atoms with Gasteiger partial charge in [-0.1, -0.05) is 0 Å². The number of nitrogens with zero attached hydrogens (tertiary/aromatic N) is 1. The number of benzene rings is 1. The second-order valence-electron chi connectivity index (χ2n) is 4.30. The van der Waals surface area contributed by atoms with Crippen LogP contribution in [0.15, 0.2) is 6.07 Å². The third-order valence-corrected chi connectivity index (χ3v) is 3.08. The molecule has 1 saturated heterocycles. The summed E-state index contributed by atoms with van der Waals surface area (Å²) < 4.78 is 52.1. The molecule has 0 aromatic heterocycles. The van der Waals surface area contributed by atoms with E-state index in [1.54, 1.807) is 0 Å². The monoisotopic (exact) mass is 262 g/mol. The van der Waals surface area contributed by atoms with Gasteiger partial charge in [0, 0.05) is 32.7 Å². The van der Waals surface area contributed by atoms with Crippen molar-refractivity contribution in [1.82, 2.24) is 10.2 Å². The van der Waals surface area contributed by atoms with Crippen LogP contribution in [0.5, 0.6) is 0 Å². The molecule has 0 radical (unpaired) electrons. The number of nitrogens with one attached hydrogen (secondary N) is 1. The number of hydrogen-bond donors (Lipinski definition) is 1. The summed E-state index contributed by atoms with van der Waals surface area (Å²) in [6.07, 6.45) is 0.167. The molecule has 1 N–H and O–H groups in total. The molecule has 0 atom stereocenters. The van der Waals surface area contributed by atoms with E-state index in [1.165, 1.54) is 0 Å². The maximum Gasteiger partial charge on any atom is 0.197 e. The van der Waals surface area contributed by atoms with E-state index < -0.39 is 23.3 Å². The molecule has 1 fully saturated rings. The van der Waals surface area contributed by atoms with Crippen LogP contribution < -0.4 is 5.32 Å². The minimum atomic E-state index is -1.75. The van der Waals surface area contributed by atoms with E-state index in [0.29, 0.717) is 6.54 Å². The molecule has 1 aliphatic heterocycles. The zero-order valence-electron chi connectivity index (χ0n) is 9.78. The van der Waals surface area contributed by atoms with Gasteiger partial charge in [0.05, 0.1) is 0 Å². The fourth-order valence-corrected chi connectivity index (χ4v) is 2.02. The molecule has 1 heterocycles. The van der Waals surface area contributed by atoms with Crippen LogP contribution in [0.2, 0.25) is 0 Å². The highest BCUT2D eigenvalue weighted by Gasteiger charge is 2.19. The van der Waals surface area contributed by atoms with Crippen LogP contribution in [0.1, 0.15) is 5.56 Å². The van der Waals surface area contributed by atoms with Gasteiger partial charge >= 0.3 is 0 Å². The fourth-order valence-electron chi connectivity index (χ4n) is 2.02. The van der Waals surface area contributed by atoms with E-state index in [0.717, 1.165) is 32.2 Å². The smallest absolute Gasteiger partial charge is 0.197 e. The first-order valence-electron chi connectivity index (χ1n) is 5.84. The van der Waals surface area contributed by atoms with Crippen LogP contribution in [0.3, 0.4) is 0 Å². The first kappa shape index (κ1) is 13.3. The second kappa shape index (κ2) is 5.67. The van der Waals surface area contributed by atoms with E-state index in [-0.39, 0.29) is 12.0 Å². The average molecular weight is 262 g/mol. The Hall–Kier alpha value is -1.14. The topological polar surface area (TPSA) is 15.3 Å². The summed E-state index contributed by atoms with van der Waals surface area (Å²) in [5.74, 6) is -6.11. The Morgan fingerprint density at radius 3 is 2.33 bits per heavy atom. The lowest BCUT2D eigenvalue weighted by Gasteiger charge is -2.27. The molecular formula is C12H14F4N2. The van der Waals surface area contributed by atoms with Crippen molar-refractivity contribution in [3.8, 4) is 0 Å². The molecular weight excluding hydrogens is 248 g/mol. The van der Waals surface area contributed by atoms with Gasteiger partial charge in [-0.05, 0) is 18.1 Å². The van der Waals surface area contributed by atoms with Gasteiger partial charge in [0.25, 0.3) is 0 Å². The van der Waals surface area contributed by atoms with Crippen LogP contribution in [0.25, 0.3) is 0 Å². The van der Waals surface area contributed by atoms with Crippen molar-refractivity contribution in [3.63, 3.8) is 0 Å². The van der Waals surface area contributed by atoms with Crippen molar-refractivity contribution in [2.75, 3.05) is 32.7 Å². The van der Waals surface area contributed by atoms with Gasteiger partial charge in [0.1, 0.15) is 0 Å². The van der Waals surface area contributed by atoms with Crippen molar-refractivity contribution in [2.24, 2.45) is 0 Å². The predicted molar refractivity (Wildman–Crippen MR) is 59.3 cm³/mol. The Bertz CT molecular complexity index is 431. The SMILES string of the molecule is Fc1cc(CCN2CCNCC2)c(F)c(F)c1F. The van der Waals surface area contributed by atoms with Crippen LogP contribution >= 0.6 is 0 Å². The van der Waals surface area contributed by atoms with Crippen LogP contribution in [-0.2, 0) is 6.42 Å². The Labute approximate surface area is 103 Å². The second-order valence-corrected chi connectivity index (χ2v) is 4.30. The van der Waals surface area contributed by atoms with E-state index >= 15 is 0 Å². The minimum Gasteiger partial charge on any atom is -0.314 e. The molecule has 2 rings (SSSR count). The molecule has 18 heavy (non-hydrogen) atoms. The third kappa shape index (κ3) is 2.81. The first-order valence-corrected chi connectivity index (χ1v) is 5.84. The lowest BCUT2D eigenvalue weighted by molar-refractivity contribution is 0.242. The molecule has 0 spiro atoms. The van der Waals surface area contributed by atoms with Crippen LogP contribution in [-0.4, -0.2) is 37.6 Å². The van der Waals surface area contributed by atoms with Gasteiger partial charge in [-0.2, -0.15) is 0 Å². The quantitative estimate of drug-likeness (QED) is 0.506. The third-order valence-electron chi connectivity index (χ3n) is 3.08. The first-order chi connectivity index (χ1) is 8.59. The molecule has 100 valence electrons. The van der Waals surface area contributed by atoms with Crippen molar-refractivity contribution in [2.45, 2.75) is 6.42 Å². The molecule has 0 aliphatic carbocycles. The van der Waals surface area contributed by atoms with E-state index in [9.17, 15) is 17.6 Å². The lowest BCUT2D eigenvalue weighted by atomic mass is 10.1. The van der Waals surface area contributed by atoms with E-state index in [2.05, 4.69) is 10.2 Å². The van der Waals surface area contributed by atoms with Crippen molar-refractivity contribution >= 4 is 0 Å². The predicted octanol–water partition coefficient (Wildman–Crippen LogP) is 1.69. The van der Waals surface area contributed by atoms with Gasteiger partial charge in [-0.25, -0.2) is 17.6 Å². The summed E-state index contributed by atoms with van der Waals surface area (Å²) in [6, 6.07) is 0.732. The van der Waals surface area contributed by atoms with Crippen molar-refractivity contribution in [1.29, 1.82) is 0 Å². The number of piperazine rings is 1. The summed E-state index contributed by atoms with van der Waals surface area (Å²) in [4.78, 5) is 2.06. The van der Waals surface area contributed by atoms with E-state index in [1.807, 2.05) is 0 Å². The lowest BCUT2D eigenvalue weighted by Crippen LogP contribution is -2.44. The molecule has 1 aliphatic rings. The minimum absolute atomic E-state index is 0.120. The van der Waals surface area contributed by atoms with Crippen LogP contribution in [0.4, 0.5) is 17.6 Å². The van der Waals surface area contributed by atoms with Gasteiger partial charge in [-0.15, -0.1) is 0 Å². The highest BCUT2D eigenvalue weighted by molar-refractivity contribution is 5.22. The van der Waals surface area contributed by atoms with Crippen LogP contribution in [0, 0.1) is 23.3 Å². The Balaban J connectivity index is 2.05. The number of rotatable bonds is 3. The highest BCUT2D eigenvalue weighted by atomic mass is 19.2. The van der Waals surface area contributed by atoms with Gasteiger partial charge in [0.2, 0.25) is 0 Å². The van der Waals surface area contributed by atoms with Gasteiger partial charge in [-0.3, -0.25) is 0 Å². The molecule has 6 heteroatoms. The average Bonchev–Trinajstić information content (AvgIpc) is 2.40. The molecule has 1 aromatic carbocycles. The molecule has 0 saturated carbocycles. The summed E-state index contributed by atoms with van der Waals surface area (Å²) in [6.45, 7) is 3.81. The largest absolute Gasteiger partial charge is 0.314 e. The van der Waals surface area contributed by atoms with Crippen molar-refractivity contribution in [3.05, 3.63) is 34.9 Å². The molecule has 2 nitrogen and oxygen atoms in total. The maximum absolute atomic E-state index is 13.4. The Morgan fingerprint density at radius 2 is 1.67 bits per heavy atom. The zero-order chi connectivity index (χ0) is 13.1. The molecule has 0 bridgehead atoms. The van der Waals surface area contributed by atoms with Gasteiger partial charge in [0.15, 0.2) is 23.3 Å². The molecule has 0 amide bonds. The summed E-state index contributed by atoms with van der Waals surface area (Å²) in [5.41, 5.74) is -0.120. The summed E-state index contributed by atoms with van der Waals surface area (Å²) in [5, 5.41) is 3.16. The van der Waals surface area contributed by atoms with Crippen molar-refractivity contribution < 1.29 is 17.6 Å². The summed E-state index contributed by atoms with van der Waals surface area (Å²) >= 11 is 0. The Morgan fingerprint density at radius 1 is 1.00 bits per heavy atom. The fraction of sp³-hybridized carbons (Fsp3) is 0.500. The Kier molecular flexibility index (Phi) is 4.19. The zero-order valence-corrected chi connectivity index (χ0v) is 9.78. The number of hydrogen-bond acceptors (Lipinski definition) is 2. The highest BCUT2D eigenvalue weighted by Crippen LogP contribution is 2.19. The maximum atomic E-state index is 13.4. The number of halogens is 4. The molecule has 1 aromatic rings. The standard InChI is InChI=1S/C12H14F4N2/c13-9-7-8(10(14)12(16)11(9)15)1-4-18-5-2-17-3-6-18/h7,17H,1-6H2.